The summed E-state index contributed by atoms with van der Waals surface area (Å²) in [5, 5.41) is 3.48. The molecule has 1 aromatic carbocycles. The molecular weight excluding hydrogens is 325 g/mol. The van der Waals surface area contributed by atoms with E-state index in [-0.39, 0.29) is 11.3 Å². The number of halogens is 2. The SMILES string of the molecule is C=[P+]1/C=C(/C=C(\N)c2c(F)cccc2F)CCCNCC(CC)C1. The molecule has 0 saturated heterocycles. The van der Waals surface area contributed by atoms with E-state index in [1.165, 1.54) is 18.2 Å². The van der Waals surface area contributed by atoms with Gasteiger partial charge in [-0.15, -0.1) is 0 Å². The molecule has 2 atom stereocenters. The van der Waals surface area contributed by atoms with Crippen LogP contribution in [0, 0.1) is 17.6 Å². The van der Waals surface area contributed by atoms with Crippen LogP contribution in [0.3, 0.4) is 0 Å². The quantitative estimate of drug-likeness (QED) is 0.789. The summed E-state index contributed by atoms with van der Waals surface area (Å²) in [7, 11) is -0.503. The molecule has 2 rings (SSSR count). The normalized spacial score (nSPS) is 24.3. The minimum atomic E-state index is -0.631. The van der Waals surface area contributed by atoms with Crippen molar-refractivity contribution in [2.45, 2.75) is 26.2 Å². The smallest absolute Gasteiger partial charge is 0.135 e. The molecule has 1 aliphatic heterocycles. The zero-order valence-electron chi connectivity index (χ0n) is 14.2. The van der Waals surface area contributed by atoms with Gasteiger partial charge in [-0.05, 0) is 49.6 Å². The number of hydrogen-bond acceptors (Lipinski definition) is 2. The molecule has 0 fully saturated rings. The number of benzene rings is 1. The highest BCUT2D eigenvalue weighted by atomic mass is 31.1. The summed E-state index contributed by atoms with van der Waals surface area (Å²) < 4.78 is 27.8. The maximum Gasteiger partial charge on any atom is 0.135 e. The van der Waals surface area contributed by atoms with E-state index in [4.69, 9.17) is 5.73 Å². The third kappa shape index (κ3) is 5.25. The van der Waals surface area contributed by atoms with Gasteiger partial charge in [-0.3, -0.25) is 0 Å². The molecule has 5 heteroatoms. The van der Waals surface area contributed by atoms with Gasteiger partial charge in [0.05, 0.1) is 11.9 Å². The van der Waals surface area contributed by atoms with Gasteiger partial charge in [0.1, 0.15) is 31.2 Å². The van der Waals surface area contributed by atoms with E-state index in [0.29, 0.717) is 5.92 Å². The van der Waals surface area contributed by atoms with E-state index in [0.717, 1.165) is 44.1 Å². The Kier molecular flexibility index (Phi) is 7.14. The molecule has 0 radical (unpaired) electrons. The average molecular weight is 351 g/mol. The van der Waals surface area contributed by atoms with Crippen LogP contribution in [0.2, 0.25) is 0 Å². The van der Waals surface area contributed by atoms with Gasteiger partial charge >= 0.3 is 0 Å². The van der Waals surface area contributed by atoms with E-state index in [1.807, 2.05) is 0 Å². The first kappa shape index (κ1) is 18.8. The van der Waals surface area contributed by atoms with Crippen LogP contribution in [-0.4, -0.2) is 25.6 Å². The summed E-state index contributed by atoms with van der Waals surface area (Å²) in [6, 6.07) is 3.80. The van der Waals surface area contributed by atoms with Gasteiger partial charge < -0.3 is 11.1 Å². The highest BCUT2D eigenvalue weighted by Gasteiger charge is 2.17. The lowest BCUT2D eigenvalue weighted by molar-refractivity contribution is 0.500. The van der Waals surface area contributed by atoms with Crippen molar-refractivity contribution in [3.63, 3.8) is 0 Å². The average Bonchev–Trinajstić information content (AvgIpc) is 2.53. The second kappa shape index (κ2) is 9.10. The van der Waals surface area contributed by atoms with Crippen LogP contribution in [0.4, 0.5) is 8.78 Å². The van der Waals surface area contributed by atoms with Crippen molar-refractivity contribution in [3.05, 3.63) is 52.9 Å². The van der Waals surface area contributed by atoms with Gasteiger partial charge in [0.2, 0.25) is 0 Å². The summed E-state index contributed by atoms with van der Waals surface area (Å²) >= 11 is 0. The minimum absolute atomic E-state index is 0.136. The molecule has 1 aromatic rings. The standard InChI is InChI=1S/C19H26F2N2P/c1-3-14-11-23-9-5-6-15(13-24(2)12-14)10-18(22)19-16(20)7-4-8-17(19)21/h4,7-8,10,13-14,23H,2-3,5-6,9,11-12,22H2,1H3/q+1/b15-13+,18-10-. The molecule has 1 heterocycles. The molecule has 0 aliphatic carbocycles. The molecule has 3 N–H and O–H groups in total. The Morgan fingerprint density at radius 2 is 2.12 bits per heavy atom. The maximum atomic E-state index is 13.9. The second-order valence-electron chi connectivity index (χ2n) is 6.25. The lowest BCUT2D eigenvalue weighted by Gasteiger charge is -2.14. The van der Waals surface area contributed by atoms with Gasteiger partial charge in [-0.25, -0.2) is 8.78 Å². The van der Waals surface area contributed by atoms with Crippen molar-refractivity contribution >= 4 is 19.5 Å². The van der Waals surface area contributed by atoms with Gasteiger partial charge in [0.15, 0.2) is 0 Å². The van der Waals surface area contributed by atoms with Crippen molar-refractivity contribution < 1.29 is 8.78 Å². The van der Waals surface area contributed by atoms with Gasteiger partial charge in [-0.2, -0.15) is 0 Å². The molecule has 130 valence electrons. The molecule has 0 spiro atoms. The number of nitrogens with one attached hydrogen (secondary N) is 1. The van der Waals surface area contributed by atoms with Gasteiger partial charge in [-0.1, -0.05) is 13.0 Å². The van der Waals surface area contributed by atoms with Crippen LogP contribution in [0.1, 0.15) is 31.7 Å². The molecule has 1 aliphatic rings. The summed E-state index contributed by atoms with van der Waals surface area (Å²) in [5.74, 6) is 1.52. The van der Waals surface area contributed by atoms with Crippen LogP contribution >= 0.6 is 7.55 Å². The number of hydrogen-bond donors (Lipinski definition) is 2. The Morgan fingerprint density at radius 3 is 2.79 bits per heavy atom. The minimum Gasteiger partial charge on any atom is -0.398 e. The van der Waals surface area contributed by atoms with Gasteiger partial charge in [0.25, 0.3) is 0 Å². The zero-order valence-corrected chi connectivity index (χ0v) is 15.1. The van der Waals surface area contributed by atoms with Crippen LogP contribution in [-0.2, 0) is 0 Å². The van der Waals surface area contributed by atoms with E-state index in [9.17, 15) is 8.78 Å². The number of nitrogens with two attached hydrogens (primary N) is 1. The molecule has 0 bridgehead atoms. The molecule has 0 saturated carbocycles. The Labute approximate surface area is 144 Å². The van der Waals surface area contributed by atoms with E-state index < -0.39 is 19.2 Å². The fourth-order valence-electron chi connectivity index (χ4n) is 2.90. The van der Waals surface area contributed by atoms with Crippen molar-refractivity contribution in [2.75, 3.05) is 19.3 Å². The highest BCUT2D eigenvalue weighted by molar-refractivity contribution is 7.59. The van der Waals surface area contributed by atoms with E-state index in [1.54, 1.807) is 6.08 Å². The third-order valence-electron chi connectivity index (χ3n) is 4.26. The summed E-state index contributed by atoms with van der Waals surface area (Å²) in [5.41, 5.74) is 7.01. The number of rotatable bonds is 3. The van der Waals surface area contributed by atoms with Crippen molar-refractivity contribution in [1.82, 2.24) is 5.32 Å². The zero-order chi connectivity index (χ0) is 17.5. The Morgan fingerprint density at radius 1 is 1.42 bits per heavy atom. The topological polar surface area (TPSA) is 38.0 Å². The van der Waals surface area contributed by atoms with Crippen LogP contribution < -0.4 is 11.1 Å². The lowest BCUT2D eigenvalue weighted by Crippen LogP contribution is -2.25. The predicted octanol–water partition coefficient (Wildman–Crippen LogP) is 4.47. The molecular formula is C19H26F2N2P+. The monoisotopic (exact) mass is 351 g/mol. The first-order valence-corrected chi connectivity index (χ1v) is 10.2. The lowest BCUT2D eigenvalue weighted by atomic mass is 10.1. The summed E-state index contributed by atoms with van der Waals surface area (Å²) in [6.07, 6.45) is 9.97. The first-order chi connectivity index (χ1) is 11.5. The fraction of sp³-hybridized carbons (Fsp3) is 0.421. The summed E-state index contributed by atoms with van der Waals surface area (Å²) in [4.78, 5) is 0. The van der Waals surface area contributed by atoms with Crippen molar-refractivity contribution in [1.29, 1.82) is 0 Å². The first-order valence-electron chi connectivity index (χ1n) is 8.41. The Hall–Kier alpha value is -1.51. The Bertz CT molecular complexity index is 633. The third-order valence-corrected chi connectivity index (χ3v) is 5.95. The molecule has 0 aromatic heterocycles. The van der Waals surface area contributed by atoms with E-state index in [2.05, 4.69) is 24.4 Å². The maximum absolute atomic E-state index is 13.9. The molecule has 0 amide bonds. The summed E-state index contributed by atoms with van der Waals surface area (Å²) in [6.45, 7) is 4.17. The highest BCUT2D eigenvalue weighted by Crippen LogP contribution is 2.31. The Balaban J connectivity index is 2.28. The number of allylic oxidation sites excluding steroid dienone is 2. The van der Waals surface area contributed by atoms with Gasteiger partial charge in [0, 0.05) is 18.2 Å². The van der Waals surface area contributed by atoms with Crippen molar-refractivity contribution in [2.24, 2.45) is 11.7 Å². The van der Waals surface area contributed by atoms with E-state index >= 15 is 0 Å². The molecule has 24 heavy (non-hydrogen) atoms. The van der Waals surface area contributed by atoms with Crippen LogP contribution in [0.15, 0.2) is 35.7 Å². The van der Waals surface area contributed by atoms with Crippen LogP contribution in [0.5, 0.6) is 0 Å². The predicted molar refractivity (Wildman–Crippen MR) is 101 cm³/mol. The van der Waals surface area contributed by atoms with Crippen LogP contribution in [0.25, 0.3) is 5.70 Å². The molecule has 2 unspecified atom stereocenters. The largest absolute Gasteiger partial charge is 0.398 e. The fourth-order valence-corrected chi connectivity index (χ4v) is 4.73. The van der Waals surface area contributed by atoms with Crippen molar-refractivity contribution in [3.8, 4) is 0 Å². The molecule has 2 nitrogen and oxygen atoms in total. The second-order valence-corrected chi connectivity index (χ2v) is 8.05.